The Bertz CT molecular complexity index is 273. The van der Waals surface area contributed by atoms with Crippen LogP contribution in [0.4, 0.5) is 0 Å². The van der Waals surface area contributed by atoms with Gasteiger partial charge in [0.25, 0.3) is 0 Å². The maximum absolute atomic E-state index is 5.08. The third-order valence-electron chi connectivity index (χ3n) is 1.73. The number of aromatic nitrogens is 1. The number of hydrogen-bond acceptors (Lipinski definition) is 2. The molecule has 1 N–H and O–H groups in total. The van der Waals surface area contributed by atoms with E-state index in [1.807, 2.05) is 31.1 Å². The summed E-state index contributed by atoms with van der Waals surface area (Å²) in [4.78, 5) is 5.93. The van der Waals surface area contributed by atoms with E-state index in [0.717, 1.165) is 11.7 Å². The summed E-state index contributed by atoms with van der Waals surface area (Å²) in [5, 5.41) is 3.67. The van der Waals surface area contributed by atoms with E-state index in [9.17, 15) is 0 Å². The van der Waals surface area contributed by atoms with Crippen LogP contribution in [0, 0.1) is 0 Å². The molecule has 1 rings (SSSR count). The molecule has 0 aromatic carbocycles. The van der Waals surface area contributed by atoms with Crippen LogP contribution in [0.15, 0.2) is 24.5 Å². The highest BCUT2D eigenvalue weighted by Crippen LogP contribution is 2.00. The third-order valence-corrected chi connectivity index (χ3v) is 2.25. The van der Waals surface area contributed by atoms with Crippen molar-refractivity contribution in [2.24, 2.45) is 0 Å². The van der Waals surface area contributed by atoms with Gasteiger partial charge in [0, 0.05) is 33.0 Å². The summed E-state index contributed by atoms with van der Waals surface area (Å²) in [6.45, 7) is 0.808. The van der Waals surface area contributed by atoms with E-state index in [1.165, 1.54) is 5.56 Å². The normalized spacial score (nSPS) is 9.38. The number of nitrogens with zero attached hydrogens (tertiary/aromatic N) is 2. The molecule has 1 aromatic heterocycles. The van der Waals surface area contributed by atoms with Crippen molar-refractivity contribution in [1.29, 1.82) is 0 Å². The maximum atomic E-state index is 5.08. The van der Waals surface area contributed by atoms with E-state index >= 15 is 0 Å². The number of pyridine rings is 1. The number of nitrogens with one attached hydrogen (secondary N) is 1. The highest BCUT2D eigenvalue weighted by Gasteiger charge is 2.01. The van der Waals surface area contributed by atoms with Gasteiger partial charge < -0.3 is 10.2 Å². The molecule has 0 spiro atoms. The molecule has 4 heteroatoms. The van der Waals surface area contributed by atoms with Gasteiger partial charge in [-0.15, -0.1) is 0 Å². The van der Waals surface area contributed by atoms with Crippen molar-refractivity contribution in [3.8, 4) is 0 Å². The van der Waals surface area contributed by atoms with Gasteiger partial charge in [0.1, 0.15) is 0 Å². The number of hydrogen-bond donors (Lipinski definition) is 1. The van der Waals surface area contributed by atoms with Crippen LogP contribution in [0.3, 0.4) is 0 Å². The van der Waals surface area contributed by atoms with E-state index in [4.69, 9.17) is 12.2 Å². The molecule has 0 radical (unpaired) electrons. The van der Waals surface area contributed by atoms with Gasteiger partial charge in [-0.2, -0.15) is 0 Å². The van der Waals surface area contributed by atoms with E-state index in [2.05, 4.69) is 10.3 Å². The summed E-state index contributed by atoms with van der Waals surface area (Å²) in [6, 6.07) is 3.96. The molecule has 0 aliphatic rings. The van der Waals surface area contributed by atoms with Gasteiger partial charge in [0.15, 0.2) is 5.11 Å². The van der Waals surface area contributed by atoms with Crippen molar-refractivity contribution in [3.05, 3.63) is 30.1 Å². The third kappa shape index (κ3) is 2.99. The first-order valence-corrected chi connectivity index (χ1v) is 4.46. The van der Waals surface area contributed by atoms with Gasteiger partial charge in [-0.3, -0.25) is 4.98 Å². The van der Waals surface area contributed by atoms with Crippen LogP contribution < -0.4 is 5.32 Å². The second kappa shape index (κ2) is 4.77. The average Bonchev–Trinajstić information content (AvgIpc) is 2.18. The standard InChI is InChI=1S/C9H13N3S/c1-10-9(13)12(2)7-8-3-5-11-6-4-8/h3-6H,7H2,1-2H3,(H,10,13). The summed E-state index contributed by atoms with van der Waals surface area (Å²) < 4.78 is 0. The Morgan fingerprint density at radius 3 is 2.69 bits per heavy atom. The molecule has 0 unspecified atom stereocenters. The van der Waals surface area contributed by atoms with Crippen LogP contribution in [-0.4, -0.2) is 29.1 Å². The van der Waals surface area contributed by atoms with Gasteiger partial charge in [-0.05, 0) is 29.9 Å². The molecule has 0 amide bonds. The minimum absolute atomic E-state index is 0.747. The SMILES string of the molecule is CNC(=S)N(C)Cc1ccncc1. The summed E-state index contributed by atoms with van der Waals surface area (Å²) in [6.07, 6.45) is 3.57. The summed E-state index contributed by atoms with van der Waals surface area (Å²) in [5.41, 5.74) is 1.20. The van der Waals surface area contributed by atoms with Crippen LogP contribution in [-0.2, 0) is 6.54 Å². The molecule has 70 valence electrons. The predicted molar refractivity (Wildman–Crippen MR) is 57.4 cm³/mol. The van der Waals surface area contributed by atoms with Crippen molar-refractivity contribution >= 4 is 17.3 Å². The minimum atomic E-state index is 0.747. The average molecular weight is 195 g/mol. The fourth-order valence-corrected chi connectivity index (χ4v) is 1.09. The molecule has 3 nitrogen and oxygen atoms in total. The lowest BCUT2D eigenvalue weighted by molar-refractivity contribution is 0.494. The maximum Gasteiger partial charge on any atom is 0.168 e. The molecule has 13 heavy (non-hydrogen) atoms. The van der Waals surface area contributed by atoms with Crippen molar-refractivity contribution in [1.82, 2.24) is 15.2 Å². The van der Waals surface area contributed by atoms with Crippen LogP contribution in [0.2, 0.25) is 0 Å². The first-order valence-electron chi connectivity index (χ1n) is 4.06. The van der Waals surface area contributed by atoms with Gasteiger partial charge in [0.05, 0.1) is 0 Å². The number of thiocarbonyl (C=S) groups is 1. The fourth-order valence-electron chi connectivity index (χ4n) is 1.02. The van der Waals surface area contributed by atoms with Crippen molar-refractivity contribution < 1.29 is 0 Å². The molecule has 0 saturated carbocycles. The number of rotatable bonds is 2. The molecule has 0 saturated heterocycles. The van der Waals surface area contributed by atoms with E-state index in [1.54, 1.807) is 12.4 Å². The Kier molecular flexibility index (Phi) is 3.64. The molecular weight excluding hydrogens is 182 g/mol. The van der Waals surface area contributed by atoms with Crippen LogP contribution >= 0.6 is 12.2 Å². The lowest BCUT2D eigenvalue weighted by Crippen LogP contribution is -2.33. The zero-order valence-corrected chi connectivity index (χ0v) is 8.64. The Hall–Kier alpha value is -1.16. The highest BCUT2D eigenvalue weighted by molar-refractivity contribution is 7.80. The largest absolute Gasteiger partial charge is 0.366 e. The molecule has 0 aliphatic heterocycles. The molecule has 0 bridgehead atoms. The Morgan fingerprint density at radius 1 is 1.54 bits per heavy atom. The molecule has 0 atom stereocenters. The lowest BCUT2D eigenvalue weighted by atomic mass is 10.2. The monoisotopic (exact) mass is 195 g/mol. The Labute approximate surface area is 83.8 Å². The second-order valence-corrected chi connectivity index (χ2v) is 3.15. The molecular formula is C9H13N3S. The molecule has 1 aromatic rings. The van der Waals surface area contributed by atoms with Gasteiger partial charge >= 0.3 is 0 Å². The fraction of sp³-hybridized carbons (Fsp3) is 0.333. The quantitative estimate of drug-likeness (QED) is 0.713. The van der Waals surface area contributed by atoms with E-state index in [0.29, 0.717) is 0 Å². The lowest BCUT2D eigenvalue weighted by Gasteiger charge is -2.19. The summed E-state index contributed by atoms with van der Waals surface area (Å²) in [7, 11) is 3.78. The highest BCUT2D eigenvalue weighted by atomic mass is 32.1. The topological polar surface area (TPSA) is 28.2 Å². The zero-order valence-electron chi connectivity index (χ0n) is 7.82. The van der Waals surface area contributed by atoms with Crippen molar-refractivity contribution in [2.45, 2.75) is 6.54 Å². The summed E-state index contributed by atoms with van der Waals surface area (Å²) >= 11 is 5.08. The second-order valence-electron chi connectivity index (χ2n) is 2.77. The van der Waals surface area contributed by atoms with E-state index in [-0.39, 0.29) is 0 Å². The smallest absolute Gasteiger partial charge is 0.168 e. The summed E-state index contributed by atoms with van der Waals surface area (Å²) in [5.74, 6) is 0. The van der Waals surface area contributed by atoms with Crippen LogP contribution in [0.5, 0.6) is 0 Å². The van der Waals surface area contributed by atoms with Crippen LogP contribution in [0.25, 0.3) is 0 Å². The van der Waals surface area contributed by atoms with Gasteiger partial charge in [-0.1, -0.05) is 0 Å². The first kappa shape index (κ1) is 9.92. The molecule has 0 fully saturated rings. The Balaban J connectivity index is 2.55. The van der Waals surface area contributed by atoms with Crippen LogP contribution in [0.1, 0.15) is 5.56 Å². The van der Waals surface area contributed by atoms with Crippen molar-refractivity contribution in [3.63, 3.8) is 0 Å². The van der Waals surface area contributed by atoms with Gasteiger partial charge in [0.2, 0.25) is 0 Å². The van der Waals surface area contributed by atoms with E-state index < -0.39 is 0 Å². The van der Waals surface area contributed by atoms with Gasteiger partial charge in [-0.25, -0.2) is 0 Å². The van der Waals surface area contributed by atoms with Crippen molar-refractivity contribution in [2.75, 3.05) is 14.1 Å². The zero-order chi connectivity index (χ0) is 9.68. The predicted octanol–water partition coefficient (Wildman–Crippen LogP) is 1.02. The minimum Gasteiger partial charge on any atom is -0.366 e. The first-order chi connectivity index (χ1) is 6.24. The molecule has 0 aliphatic carbocycles. The Morgan fingerprint density at radius 2 is 2.15 bits per heavy atom. The molecule has 1 heterocycles.